The third-order valence-corrected chi connectivity index (χ3v) is 12.2. The van der Waals surface area contributed by atoms with E-state index in [2.05, 4.69) is 122 Å². The fourth-order valence-corrected chi connectivity index (χ4v) is 11.4. The monoisotopic (exact) mass is 438 g/mol. The van der Waals surface area contributed by atoms with E-state index in [1.807, 2.05) is 0 Å². The molecule has 156 valence electrons. The van der Waals surface area contributed by atoms with E-state index in [4.69, 9.17) is 4.42 Å². The van der Waals surface area contributed by atoms with Gasteiger partial charge in [-0.05, 0) is 50.4 Å². The minimum atomic E-state index is -2.55. The van der Waals surface area contributed by atoms with Gasteiger partial charge in [0.25, 0.3) is 0 Å². The summed E-state index contributed by atoms with van der Waals surface area (Å²) in [4.78, 5) is 0. The Bertz CT molecular complexity index is 1620. The molecule has 0 N–H and O–H groups in total. The van der Waals surface area contributed by atoms with Crippen molar-refractivity contribution in [1.82, 2.24) is 0 Å². The van der Waals surface area contributed by atoms with Crippen LogP contribution in [-0.4, -0.2) is 8.07 Å². The summed E-state index contributed by atoms with van der Waals surface area (Å²) < 4.78 is 6.49. The molecule has 5 aromatic carbocycles. The maximum Gasteiger partial charge on any atom is 0.181 e. The summed E-state index contributed by atoms with van der Waals surface area (Å²) >= 11 is 0. The molecule has 0 bridgehead atoms. The summed E-state index contributed by atoms with van der Waals surface area (Å²) in [5.41, 5.74) is 5.87. The van der Waals surface area contributed by atoms with E-state index in [1.54, 1.807) is 0 Å². The van der Waals surface area contributed by atoms with E-state index >= 15 is 0 Å². The van der Waals surface area contributed by atoms with Crippen molar-refractivity contribution < 1.29 is 4.42 Å². The second-order valence-corrected chi connectivity index (χ2v) is 12.6. The molecule has 0 spiro atoms. The number of rotatable bonds is 2. The summed E-state index contributed by atoms with van der Waals surface area (Å²) in [6.07, 6.45) is 0. The van der Waals surface area contributed by atoms with Crippen LogP contribution in [0.2, 0.25) is 0 Å². The maximum atomic E-state index is 6.49. The first-order chi connectivity index (χ1) is 16.3. The van der Waals surface area contributed by atoms with Gasteiger partial charge in [0.05, 0.1) is 0 Å². The Morgan fingerprint density at radius 2 is 1.24 bits per heavy atom. The molecule has 0 amide bonds. The minimum absolute atomic E-state index is 0.981. The van der Waals surface area contributed by atoms with E-state index in [9.17, 15) is 0 Å². The lowest BCUT2D eigenvalue weighted by Crippen LogP contribution is -2.72. The van der Waals surface area contributed by atoms with Crippen molar-refractivity contribution in [2.24, 2.45) is 0 Å². The Morgan fingerprint density at radius 3 is 1.97 bits per heavy atom. The van der Waals surface area contributed by atoms with E-state index in [0.717, 1.165) is 11.2 Å². The molecule has 0 aliphatic carbocycles. The highest BCUT2D eigenvalue weighted by Crippen LogP contribution is 2.37. The summed E-state index contributed by atoms with van der Waals surface area (Å²) in [6.45, 7) is 2.14. The summed E-state index contributed by atoms with van der Waals surface area (Å²) in [6, 6.07) is 42.3. The van der Waals surface area contributed by atoms with Crippen LogP contribution in [-0.2, 0) is 0 Å². The van der Waals surface area contributed by atoms with E-state index < -0.39 is 8.07 Å². The molecule has 0 unspecified atom stereocenters. The van der Waals surface area contributed by atoms with Crippen molar-refractivity contribution in [3.8, 4) is 11.1 Å². The van der Waals surface area contributed by atoms with Crippen molar-refractivity contribution >= 4 is 50.8 Å². The van der Waals surface area contributed by atoms with Gasteiger partial charge in [0.2, 0.25) is 0 Å². The third-order valence-electron chi connectivity index (χ3n) is 7.27. The van der Waals surface area contributed by atoms with Crippen molar-refractivity contribution in [2.75, 3.05) is 0 Å². The molecule has 33 heavy (non-hydrogen) atoms. The van der Waals surface area contributed by atoms with Crippen molar-refractivity contribution in [1.29, 1.82) is 0 Å². The Labute approximate surface area is 194 Å². The molecule has 1 aliphatic heterocycles. The molecule has 2 heterocycles. The molecule has 1 aromatic heterocycles. The van der Waals surface area contributed by atoms with Crippen molar-refractivity contribution in [3.05, 3.63) is 121 Å². The van der Waals surface area contributed by atoms with Crippen LogP contribution in [0.4, 0.5) is 0 Å². The molecule has 0 saturated heterocycles. The highest BCUT2D eigenvalue weighted by Gasteiger charge is 2.50. The van der Waals surface area contributed by atoms with E-state index in [0.29, 0.717) is 0 Å². The zero-order valence-corrected chi connectivity index (χ0v) is 19.4. The van der Waals surface area contributed by atoms with Gasteiger partial charge < -0.3 is 4.42 Å². The van der Waals surface area contributed by atoms with Crippen LogP contribution >= 0.6 is 0 Å². The average Bonchev–Trinajstić information content (AvgIpc) is 3.40. The van der Waals surface area contributed by atoms with Gasteiger partial charge in [-0.15, -0.1) is 0 Å². The molecular formula is C31H22OSi. The fourth-order valence-electron chi connectivity index (χ4n) is 5.97. The van der Waals surface area contributed by atoms with Gasteiger partial charge in [0, 0.05) is 10.8 Å². The average molecular weight is 439 g/mol. The molecule has 6 aromatic rings. The predicted molar refractivity (Wildman–Crippen MR) is 141 cm³/mol. The molecule has 7 rings (SSSR count). The molecule has 1 aliphatic rings. The standard InChI is InChI=1S/C31H22OSi/c1-21-11-10-17-26-29-27(32-30(21)26)20-19-25-24-16-8-9-18-28(24)33(31(25)29,22-12-4-2-5-13-22)23-14-6-3-7-15-23/h2-20H,1H3. The minimum Gasteiger partial charge on any atom is -0.456 e. The number of aryl methyl sites for hydroxylation is 1. The van der Waals surface area contributed by atoms with Crippen molar-refractivity contribution in [2.45, 2.75) is 6.92 Å². The van der Waals surface area contributed by atoms with Gasteiger partial charge in [-0.1, -0.05) is 109 Å². The summed E-state index contributed by atoms with van der Waals surface area (Å²) in [5.74, 6) is 0. The molecule has 2 heteroatoms. The number of fused-ring (bicyclic) bond motifs is 7. The first-order valence-electron chi connectivity index (χ1n) is 11.5. The molecule has 0 radical (unpaired) electrons. The van der Waals surface area contributed by atoms with Gasteiger partial charge in [-0.2, -0.15) is 0 Å². The predicted octanol–water partition coefficient (Wildman–Crippen LogP) is 5.25. The largest absolute Gasteiger partial charge is 0.456 e. The summed E-state index contributed by atoms with van der Waals surface area (Å²) in [7, 11) is -2.55. The number of para-hydroxylation sites is 1. The maximum absolute atomic E-state index is 6.49. The lowest BCUT2D eigenvalue weighted by molar-refractivity contribution is 0.666. The van der Waals surface area contributed by atoms with E-state index in [-0.39, 0.29) is 0 Å². The zero-order chi connectivity index (χ0) is 22.0. The van der Waals surface area contributed by atoms with Gasteiger partial charge >= 0.3 is 0 Å². The summed E-state index contributed by atoms with van der Waals surface area (Å²) in [5, 5.41) is 8.25. The number of furan rings is 1. The lowest BCUT2D eigenvalue weighted by atomic mass is 10.0. The topological polar surface area (TPSA) is 13.1 Å². The zero-order valence-electron chi connectivity index (χ0n) is 18.4. The third kappa shape index (κ3) is 2.36. The second kappa shape index (κ2) is 6.81. The highest BCUT2D eigenvalue weighted by molar-refractivity contribution is 7.23. The number of hydrogen-bond acceptors (Lipinski definition) is 1. The molecule has 0 saturated carbocycles. The van der Waals surface area contributed by atoms with Crippen LogP contribution in [0, 0.1) is 6.92 Å². The Morgan fingerprint density at radius 1 is 0.576 bits per heavy atom. The molecular weight excluding hydrogens is 416 g/mol. The van der Waals surface area contributed by atoms with Crippen LogP contribution in [0.5, 0.6) is 0 Å². The van der Waals surface area contributed by atoms with Gasteiger partial charge in [0.1, 0.15) is 11.2 Å². The fraction of sp³-hybridized carbons (Fsp3) is 0.0323. The SMILES string of the molecule is Cc1cccc2c1oc1ccc3c(c12)[Si](c1ccccc1)(c1ccccc1)c1ccccc1-3. The Balaban J connectivity index is 1.77. The van der Waals surface area contributed by atoms with Crippen molar-refractivity contribution in [3.63, 3.8) is 0 Å². The first-order valence-corrected chi connectivity index (χ1v) is 13.5. The normalized spacial score (nSPS) is 13.8. The Hall–Kier alpha value is -3.88. The van der Waals surface area contributed by atoms with E-state index in [1.165, 1.54) is 48.2 Å². The second-order valence-electron chi connectivity index (χ2n) is 8.94. The van der Waals surface area contributed by atoms with Crippen LogP contribution in [0.1, 0.15) is 5.56 Å². The van der Waals surface area contributed by atoms with Crippen LogP contribution < -0.4 is 20.7 Å². The highest BCUT2D eigenvalue weighted by atomic mass is 28.3. The number of hydrogen-bond donors (Lipinski definition) is 0. The van der Waals surface area contributed by atoms with Gasteiger partial charge in [-0.3, -0.25) is 0 Å². The van der Waals surface area contributed by atoms with Crippen LogP contribution in [0.3, 0.4) is 0 Å². The molecule has 0 fully saturated rings. The van der Waals surface area contributed by atoms with Crippen LogP contribution in [0.15, 0.2) is 120 Å². The van der Waals surface area contributed by atoms with Gasteiger partial charge in [-0.25, -0.2) is 0 Å². The van der Waals surface area contributed by atoms with Crippen LogP contribution in [0.25, 0.3) is 33.1 Å². The van der Waals surface area contributed by atoms with Gasteiger partial charge in [0.15, 0.2) is 8.07 Å². The quantitative estimate of drug-likeness (QED) is 0.336. The molecule has 1 nitrogen and oxygen atoms in total. The smallest absolute Gasteiger partial charge is 0.181 e. The molecule has 0 atom stereocenters. The first kappa shape index (κ1) is 18.7. The lowest BCUT2D eigenvalue weighted by Gasteiger charge is -2.31. The number of benzene rings is 5. The Kier molecular flexibility index (Phi) is 3.85.